The highest BCUT2D eigenvalue weighted by Gasteiger charge is 2.52. The maximum absolute atomic E-state index is 12.6. The quantitative estimate of drug-likeness (QED) is 0.592. The summed E-state index contributed by atoms with van der Waals surface area (Å²) in [6.45, 7) is 1.53. The van der Waals surface area contributed by atoms with Crippen LogP contribution < -0.4 is 10.6 Å². The minimum Gasteiger partial charge on any atom is -0.372 e. The molecular formula is C25H29N3O4. The molecule has 0 radical (unpaired) electrons. The molecule has 0 unspecified atom stereocenters. The monoisotopic (exact) mass is 435 g/mol. The van der Waals surface area contributed by atoms with Gasteiger partial charge in [-0.25, -0.2) is 4.79 Å². The van der Waals surface area contributed by atoms with Crippen LogP contribution in [0.5, 0.6) is 0 Å². The normalized spacial score (nSPS) is 17.1. The van der Waals surface area contributed by atoms with Crippen molar-refractivity contribution in [2.24, 2.45) is 0 Å². The van der Waals surface area contributed by atoms with Gasteiger partial charge < -0.3 is 15.4 Å². The second kappa shape index (κ2) is 9.96. The molecular weight excluding hydrogens is 406 g/mol. The maximum atomic E-state index is 12.6. The SMILES string of the molecule is O=C(CCN1C(=O)NC2(CCCC2)C1=O)NCc1cccc(COCc2ccccc2)c1. The molecule has 1 spiro atoms. The van der Waals surface area contributed by atoms with Gasteiger partial charge in [-0.05, 0) is 29.5 Å². The maximum Gasteiger partial charge on any atom is 0.325 e. The minimum atomic E-state index is -0.726. The molecule has 2 N–H and O–H groups in total. The van der Waals surface area contributed by atoms with Gasteiger partial charge in [0.15, 0.2) is 0 Å². The van der Waals surface area contributed by atoms with E-state index < -0.39 is 5.54 Å². The highest BCUT2D eigenvalue weighted by atomic mass is 16.5. The smallest absolute Gasteiger partial charge is 0.325 e. The molecule has 7 nitrogen and oxygen atoms in total. The molecule has 2 aromatic carbocycles. The van der Waals surface area contributed by atoms with Crippen molar-refractivity contribution in [1.82, 2.24) is 15.5 Å². The lowest BCUT2D eigenvalue weighted by molar-refractivity contribution is -0.131. The van der Waals surface area contributed by atoms with Gasteiger partial charge in [-0.3, -0.25) is 14.5 Å². The molecule has 0 bridgehead atoms. The number of urea groups is 1. The Morgan fingerprint density at radius 2 is 1.66 bits per heavy atom. The summed E-state index contributed by atoms with van der Waals surface area (Å²) in [5.74, 6) is -0.375. The second-order valence-corrected chi connectivity index (χ2v) is 8.50. The van der Waals surface area contributed by atoms with Crippen LogP contribution in [0, 0.1) is 0 Å². The number of carbonyl (C=O) groups is 3. The third-order valence-corrected chi connectivity index (χ3v) is 6.13. The summed E-state index contributed by atoms with van der Waals surface area (Å²) in [4.78, 5) is 38.3. The predicted molar refractivity (Wildman–Crippen MR) is 119 cm³/mol. The molecule has 32 heavy (non-hydrogen) atoms. The third-order valence-electron chi connectivity index (χ3n) is 6.13. The highest BCUT2D eigenvalue weighted by molar-refractivity contribution is 6.07. The fourth-order valence-electron chi connectivity index (χ4n) is 4.39. The van der Waals surface area contributed by atoms with E-state index in [0.717, 1.165) is 29.5 Å². The van der Waals surface area contributed by atoms with E-state index in [1.54, 1.807) is 0 Å². The summed E-state index contributed by atoms with van der Waals surface area (Å²) in [6, 6.07) is 17.5. The van der Waals surface area contributed by atoms with Gasteiger partial charge >= 0.3 is 6.03 Å². The van der Waals surface area contributed by atoms with Gasteiger partial charge in [0, 0.05) is 19.5 Å². The predicted octanol–water partition coefficient (Wildman–Crippen LogP) is 3.27. The van der Waals surface area contributed by atoms with Gasteiger partial charge in [0.2, 0.25) is 5.91 Å². The summed E-state index contributed by atoms with van der Waals surface area (Å²) < 4.78 is 5.78. The Morgan fingerprint density at radius 1 is 0.969 bits per heavy atom. The fourth-order valence-corrected chi connectivity index (χ4v) is 4.39. The molecule has 1 aliphatic carbocycles. The number of imide groups is 1. The highest BCUT2D eigenvalue weighted by Crippen LogP contribution is 2.35. The molecule has 1 saturated carbocycles. The van der Waals surface area contributed by atoms with Gasteiger partial charge in [-0.15, -0.1) is 0 Å². The number of hydrogen-bond acceptors (Lipinski definition) is 4. The molecule has 1 heterocycles. The zero-order valence-electron chi connectivity index (χ0n) is 18.1. The summed E-state index contributed by atoms with van der Waals surface area (Å²) in [5.41, 5.74) is 2.41. The Labute approximate surface area is 188 Å². The lowest BCUT2D eigenvalue weighted by Crippen LogP contribution is -2.44. The molecule has 0 aromatic heterocycles. The standard InChI is InChI=1S/C25H29N3O4/c29-22(11-14-28-23(30)25(27-24(28)31)12-4-5-13-25)26-16-20-9-6-10-21(15-20)18-32-17-19-7-2-1-3-8-19/h1-3,6-10,15H,4-5,11-14,16-18H2,(H,26,29)(H,27,31). The zero-order chi connectivity index (χ0) is 22.4. The first-order valence-electron chi connectivity index (χ1n) is 11.2. The van der Waals surface area contributed by atoms with Crippen LogP contribution in [0.3, 0.4) is 0 Å². The van der Waals surface area contributed by atoms with Gasteiger partial charge in [0.25, 0.3) is 5.91 Å². The summed E-state index contributed by atoms with van der Waals surface area (Å²) in [7, 11) is 0. The van der Waals surface area contributed by atoms with Crippen LogP contribution in [0.25, 0.3) is 0 Å². The number of hydrogen-bond donors (Lipinski definition) is 2. The van der Waals surface area contributed by atoms with E-state index in [1.807, 2.05) is 54.6 Å². The van der Waals surface area contributed by atoms with Crippen molar-refractivity contribution >= 4 is 17.8 Å². The molecule has 4 amide bonds. The van der Waals surface area contributed by atoms with Gasteiger partial charge in [-0.2, -0.15) is 0 Å². The van der Waals surface area contributed by atoms with Crippen molar-refractivity contribution < 1.29 is 19.1 Å². The van der Waals surface area contributed by atoms with E-state index in [9.17, 15) is 14.4 Å². The minimum absolute atomic E-state index is 0.0924. The van der Waals surface area contributed by atoms with Crippen LogP contribution >= 0.6 is 0 Å². The molecule has 2 fully saturated rings. The summed E-state index contributed by atoms with van der Waals surface area (Å²) in [5, 5.41) is 5.71. The largest absolute Gasteiger partial charge is 0.372 e. The van der Waals surface area contributed by atoms with Crippen molar-refractivity contribution in [1.29, 1.82) is 0 Å². The Bertz CT molecular complexity index is 970. The molecule has 1 aliphatic heterocycles. The van der Waals surface area contributed by atoms with Crippen LogP contribution in [0.2, 0.25) is 0 Å². The third kappa shape index (κ3) is 5.16. The van der Waals surface area contributed by atoms with E-state index in [4.69, 9.17) is 4.74 Å². The zero-order valence-corrected chi connectivity index (χ0v) is 18.1. The molecule has 7 heteroatoms. The number of carbonyl (C=O) groups excluding carboxylic acids is 3. The lowest BCUT2D eigenvalue weighted by Gasteiger charge is -2.19. The van der Waals surface area contributed by atoms with E-state index in [1.165, 1.54) is 4.90 Å². The first kappa shape index (κ1) is 22.0. The number of amides is 4. The van der Waals surface area contributed by atoms with Crippen LogP contribution in [-0.2, 0) is 34.1 Å². The first-order chi connectivity index (χ1) is 15.6. The molecule has 168 valence electrons. The number of nitrogens with one attached hydrogen (secondary N) is 2. The van der Waals surface area contributed by atoms with E-state index >= 15 is 0 Å². The van der Waals surface area contributed by atoms with Crippen LogP contribution in [0.1, 0.15) is 48.8 Å². The van der Waals surface area contributed by atoms with Crippen molar-refractivity contribution in [3.63, 3.8) is 0 Å². The van der Waals surface area contributed by atoms with Gasteiger partial charge in [0.05, 0.1) is 13.2 Å². The summed E-state index contributed by atoms with van der Waals surface area (Å²) >= 11 is 0. The average molecular weight is 436 g/mol. The van der Waals surface area contributed by atoms with E-state index in [-0.39, 0.29) is 30.8 Å². The van der Waals surface area contributed by atoms with Crippen molar-refractivity contribution in [2.45, 2.75) is 57.4 Å². The fraction of sp³-hybridized carbons (Fsp3) is 0.400. The van der Waals surface area contributed by atoms with Crippen molar-refractivity contribution in [3.05, 3.63) is 71.3 Å². The number of nitrogens with zero attached hydrogens (tertiary/aromatic N) is 1. The Kier molecular flexibility index (Phi) is 6.85. The Balaban J connectivity index is 1.21. The first-order valence-corrected chi connectivity index (χ1v) is 11.2. The Hall–Kier alpha value is -3.19. The second-order valence-electron chi connectivity index (χ2n) is 8.50. The van der Waals surface area contributed by atoms with Crippen LogP contribution in [0.4, 0.5) is 4.79 Å². The van der Waals surface area contributed by atoms with E-state index in [2.05, 4.69) is 10.6 Å². The average Bonchev–Trinajstić information content (AvgIpc) is 3.36. The topological polar surface area (TPSA) is 87.7 Å². The summed E-state index contributed by atoms with van der Waals surface area (Å²) in [6.07, 6.45) is 3.35. The molecule has 4 rings (SSSR count). The van der Waals surface area contributed by atoms with Crippen LogP contribution in [-0.4, -0.2) is 34.8 Å². The molecule has 1 saturated heterocycles. The molecule has 2 aliphatic rings. The number of ether oxygens (including phenoxy) is 1. The van der Waals surface area contributed by atoms with Gasteiger partial charge in [0.1, 0.15) is 5.54 Å². The van der Waals surface area contributed by atoms with Crippen molar-refractivity contribution in [3.8, 4) is 0 Å². The number of benzene rings is 2. The van der Waals surface area contributed by atoms with E-state index in [0.29, 0.717) is 32.6 Å². The molecule has 2 aromatic rings. The van der Waals surface area contributed by atoms with Crippen molar-refractivity contribution in [2.75, 3.05) is 6.54 Å². The Morgan fingerprint density at radius 3 is 2.44 bits per heavy atom. The molecule has 0 atom stereocenters. The lowest BCUT2D eigenvalue weighted by atomic mass is 9.98. The number of rotatable bonds is 9. The van der Waals surface area contributed by atoms with Gasteiger partial charge in [-0.1, -0.05) is 67.4 Å². The van der Waals surface area contributed by atoms with Crippen LogP contribution in [0.15, 0.2) is 54.6 Å².